The van der Waals surface area contributed by atoms with E-state index in [1.807, 2.05) is 0 Å². The maximum Gasteiger partial charge on any atom is 1.00 e. The van der Waals surface area contributed by atoms with E-state index in [0.29, 0.717) is 16.5 Å². The van der Waals surface area contributed by atoms with Crippen molar-refractivity contribution in [1.29, 1.82) is 0 Å². The van der Waals surface area contributed by atoms with Gasteiger partial charge in [-0.3, -0.25) is 9.35 Å². The summed E-state index contributed by atoms with van der Waals surface area (Å²) >= 11 is 12.3. The molecule has 0 fully saturated rings. The van der Waals surface area contributed by atoms with Crippen molar-refractivity contribution in [2.24, 2.45) is 10.2 Å². The van der Waals surface area contributed by atoms with Gasteiger partial charge in [-0.05, 0) is 48.2 Å². The number of anilines is 1. The van der Waals surface area contributed by atoms with Crippen LogP contribution in [-0.2, 0) is 10.1 Å². The monoisotopic (exact) mass is 581 g/mol. The fraction of sp³-hybridized carbons (Fsp3) is 0.0800. The summed E-state index contributed by atoms with van der Waals surface area (Å²) in [5.41, 5.74) is -0.313. The number of hydrogen-bond donors (Lipinski definition) is 2. The van der Waals surface area contributed by atoms with Crippen LogP contribution in [0.15, 0.2) is 75.8 Å². The van der Waals surface area contributed by atoms with Crippen LogP contribution in [0.1, 0.15) is 15.9 Å². The summed E-state index contributed by atoms with van der Waals surface area (Å²) in [4.78, 5) is 12.6. The van der Waals surface area contributed by atoms with E-state index < -0.39 is 26.7 Å². The molecular formula is C25H18Cl2N3NaO6S. The number of aryl methyl sites for hydroxylation is 1. The summed E-state index contributed by atoms with van der Waals surface area (Å²) in [5.74, 6) is -1.00. The summed E-state index contributed by atoms with van der Waals surface area (Å²) in [7, 11) is -3.20. The average Bonchev–Trinajstić information content (AvgIpc) is 2.83. The van der Waals surface area contributed by atoms with Crippen molar-refractivity contribution in [3.05, 3.63) is 81.8 Å². The Hall–Kier alpha value is -2.70. The molecule has 0 unspecified atom stereocenters. The molecule has 1 amide bonds. The van der Waals surface area contributed by atoms with Gasteiger partial charge in [0, 0.05) is 22.0 Å². The van der Waals surface area contributed by atoms with Crippen LogP contribution >= 0.6 is 23.2 Å². The molecule has 38 heavy (non-hydrogen) atoms. The van der Waals surface area contributed by atoms with E-state index in [4.69, 9.17) is 27.9 Å². The smallest absolute Gasteiger partial charge is 0.870 e. The molecule has 0 saturated carbocycles. The normalized spacial score (nSPS) is 11.4. The predicted octanol–water partition coefficient (Wildman–Crippen LogP) is 3.46. The fourth-order valence-corrected chi connectivity index (χ4v) is 5.03. The van der Waals surface area contributed by atoms with E-state index in [9.17, 15) is 22.9 Å². The zero-order chi connectivity index (χ0) is 26.9. The van der Waals surface area contributed by atoms with Gasteiger partial charge in [0.15, 0.2) is 0 Å². The molecule has 0 saturated heterocycles. The number of ether oxygens (including phenoxy) is 1. The Morgan fingerprint density at radius 1 is 1.05 bits per heavy atom. The Balaban J connectivity index is 0.00000400. The number of methoxy groups -OCH3 is 1. The van der Waals surface area contributed by atoms with Crippen molar-refractivity contribution < 1.29 is 57.2 Å². The minimum atomic E-state index is -4.68. The molecule has 0 aromatic heterocycles. The number of nitrogens with zero attached hydrogens (tertiary/aromatic N) is 2. The topological polar surface area (TPSA) is 140 Å². The van der Waals surface area contributed by atoms with Gasteiger partial charge in [-0.25, -0.2) is 0 Å². The quantitative estimate of drug-likeness (QED) is 0.203. The van der Waals surface area contributed by atoms with Gasteiger partial charge in [0.2, 0.25) is 0 Å². The first-order valence-corrected chi connectivity index (χ1v) is 12.8. The molecule has 0 radical (unpaired) electrons. The minimum Gasteiger partial charge on any atom is -0.870 e. The van der Waals surface area contributed by atoms with Gasteiger partial charge in [0.25, 0.3) is 16.0 Å². The third kappa shape index (κ3) is 6.29. The molecule has 4 aromatic rings. The van der Waals surface area contributed by atoms with E-state index in [1.54, 1.807) is 30.3 Å². The SMILES string of the molecule is COc1ccc(NC(=O)c2cc3ccccc3c(N=Nc3cc(Cl)cc(C)c3S(=O)(=O)O)c2[O-])c(Cl)c1.[Na+]. The van der Waals surface area contributed by atoms with Crippen LogP contribution in [0.25, 0.3) is 10.8 Å². The number of amides is 1. The van der Waals surface area contributed by atoms with Crippen LogP contribution in [0.3, 0.4) is 0 Å². The zero-order valence-electron chi connectivity index (χ0n) is 20.3. The van der Waals surface area contributed by atoms with Crippen molar-refractivity contribution in [2.45, 2.75) is 11.8 Å². The van der Waals surface area contributed by atoms with Gasteiger partial charge in [-0.1, -0.05) is 53.2 Å². The Bertz CT molecular complexity index is 1700. The number of rotatable bonds is 6. The second kappa shape index (κ2) is 12.0. The molecule has 4 rings (SSSR count). The molecule has 0 aliphatic heterocycles. The van der Waals surface area contributed by atoms with Crippen molar-refractivity contribution in [3.63, 3.8) is 0 Å². The number of carbonyl (C=O) groups excluding carboxylic acids is 1. The van der Waals surface area contributed by atoms with Gasteiger partial charge < -0.3 is 15.2 Å². The summed E-state index contributed by atoms with van der Waals surface area (Å²) < 4.78 is 38.6. The van der Waals surface area contributed by atoms with E-state index in [1.165, 1.54) is 44.4 Å². The zero-order valence-corrected chi connectivity index (χ0v) is 24.6. The van der Waals surface area contributed by atoms with Crippen LogP contribution in [0, 0.1) is 6.92 Å². The van der Waals surface area contributed by atoms with Gasteiger partial charge in [-0.2, -0.15) is 13.5 Å². The van der Waals surface area contributed by atoms with Crippen LogP contribution < -0.4 is 44.7 Å². The molecule has 0 aliphatic carbocycles. The third-order valence-corrected chi connectivity index (χ3v) is 6.96. The van der Waals surface area contributed by atoms with E-state index in [0.717, 1.165) is 0 Å². The Labute approximate surface area is 250 Å². The predicted molar refractivity (Wildman–Crippen MR) is 140 cm³/mol. The molecule has 0 aliphatic rings. The van der Waals surface area contributed by atoms with Crippen molar-refractivity contribution in [2.75, 3.05) is 12.4 Å². The molecular weight excluding hydrogens is 564 g/mol. The number of nitrogens with one attached hydrogen (secondary N) is 1. The number of carbonyl (C=O) groups is 1. The summed E-state index contributed by atoms with van der Waals surface area (Å²) in [6.07, 6.45) is 0. The van der Waals surface area contributed by atoms with E-state index in [2.05, 4.69) is 15.5 Å². The van der Waals surface area contributed by atoms with Crippen molar-refractivity contribution in [1.82, 2.24) is 0 Å². The van der Waals surface area contributed by atoms with E-state index >= 15 is 0 Å². The first kappa shape index (κ1) is 29.9. The van der Waals surface area contributed by atoms with Crippen molar-refractivity contribution in [3.8, 4) is 11.5 Å². The van der Waals surface area contributed by atoms with E-state index in [-0.39, 0.29) is 67.8 Å². The maximum atomic E-state index is 13.4. The molecule has 0 heterocycles. The number of azo groups is 1. The summed E-state index contributed by atoms with van der Waals surface area (Å²) in [5, 5.41) is 25.2. The minimum absolute atomic E-state index is 0. The second-order valence-electron chi connectivity index (χ2n) is 7.87. The fourth-order valence-electron chi connectivity index (χ4n) is 3.72. The first-order valence-electron chi connectivity index (χ1n) is 10.6. The van der Waals surface area contributed by atoms with Crippen LogP contribution in [-0.4, -0.2) is 26.0 Å². The Kier molecular flexibility index (Phi) is 9.43. The van der Waals surface area contributed by atoms with Crippen LogP contribution in [0.5, 0.6) is 11.5 Å². The molecule has 13 heteroatoms. The van der Waals surface area contributed by atoms with Gasteiger partial charge in [-0.15, -0.1) is 5.11 Å². The molecule has 2 N–H and O–H groups in total. The number of benzene rings is 4. The molecule has 4 aromatic carbocycles. The Morgan fingerprint density at radius 3 is 2.42 bits per heavy atom. The molecule has 0 atom stereocenters. The maximum absolute atomic E-state index is 13.4. The third-order valence-electron chi connectivity index (χ3n) is 5.38. The van der Waals surface area contributed by atoms with Gasteiger partial charge in [0.05, 0.1) is 23.5 Å². The number of fused-ring (bicyclic) bond motifs is 1. The largest absolute Gasteiger partial charge is 1.00 e. The summed E-state index contributed by atoms with van der Waals surface area (Å²) in [6.45, 7) is 1.43. The molecule has 0 bridgehead atoms. The second-order valence-corrected chi connectivity index (χ2v) is 10.1. The van der Waals surface area contributed by atoms with Gasteiger partial charge in [0.1, 0.15) is 16.3 Å². The molecule has 9 nitrogen and oxygen atoms in total. The first-order chi connectivity index (χ1) is 17.5. The molecule has 0 spiro atoms. The average molecular weight is 582 g/mol. The number of hydrogen-bond acceptors (Lipinski definition) is 7. The Morgan fingerprint density at radius 2 is 1.76 bits per heavy atom. The van der Waals surface area contributed by atoms with Crippen LogP contribution in [0.2, 0.25) is 10.0 Å². The van der Waals surface area contributed by atoms with Gasteiger partial charge >= 0.3 is 29.6 Å². The molecule has 190 valence electrons. The number of halogens is 2. The standard InChI is InChI=1S/C25H19Cl2N3O6S.Na/c1-13-9-15(26)11-21(24(13)37(33,34)35)29-30-22-17-6-4-3-5-14(17)10-18(23(22)31)25(32)28-20-8-7-16(36-2)12-19(20)27;/h3-12,31H,1-2H3,(H,28,32)(H,33,34,35);/q;+1/p-1. The van der Waals surface area contributed by atoms with Crippen LogP contribution in [0.4, 0.5) is 17.1 Å². The summed E-state index contributed by atoms with van der Waals surface area (Å²) in [6, 6.07) is 15.3. The van der Waals surface area contributed by atoms with Crippen molar-refractivity contribution >= 4 is 67.1 Å².